The minimum absolute atomic E-state index is 0.0444. The van der Waals surface area contributed by atoms with Crippen molar-refractivity contribution < 1.29 is 19.1 Å². The average Bonchev–Trinajstić information content (AvgIpc) is 3.17. The number of nitrogens with zero attached hydrogens (tertiary/aromatic N) is 1. The number of hydrogen-bond acceptors (Lipinski definition) is 4. The minimum atomic E-state index is -0.445. The highest BCUT2D eigenvalue weighted by Gasteiger charge is 2.49. The van der Waals surface area contributed by atoms with Gasteiger partial charge in [-0.3, -0.25) is 4.79 Å². The molecular formula is C16H27NO4. The Balaban J connectivity index is 1.75. The summed E-state index contributed by atoms with van der Waals surface area (Å²) in [6, 6.07) is 0. The van der Waals surface area contributed by atoms with E-state index >= 15 is 0 Å². The van der Waals surface area contributed by atoms with Crippen LogP contribution >= 0.6 is 0 Å². The van der Waals surface area contributed by atoms with Crippen LogP contribution in [0.25, 0.3) is 0 Å². The van der Waals surface area contributed by atoms with E-state index in [1.807, 2.05) is 27.7 Å². The van der Waals surface area contributed by atoms with E-state index < -0.39 is 5.60 Å². The number of amides is 1. The predicted molar refractivity (Wildman–Crippen MR) is 78.8 cm³/mol. The van der Waals surface area contributed by atoms with Gasteiger partial charge in [0.15, 0.2) is 0 Å². The molecule has 2 fully saturated rings. The van der Waals surface area contributed by atoms with Crippen molar-refractivity contribution >= 4 is 12.1 Å². The summed E-state index contributed by atoms with van der Waals surface area (Å²) in [6.07, 6.45) is 2.65. The fourth-order valence-corrected chi connectivity index (χ4v) is 3.09. The largest absolute Gasteiger partial charge is 0.466 e. The molecule has 1 heterocycles. The molecule has 2 unspecified atom stereocenters. The third-order valence-corrected chi connectivity index (χ3v) is 4.23. The molecule has 1 saturated carbocycles. The van der Waals surface area contributed by atoms with Gasteiger partial charge >= 0.3 is 12.1 Å². The van der Waals surface area contributed by atoms with Crippen molar-refractivity contribution in [3.05, 3.63) is 0 Å². The summed E-state index contributed by atoms with van der Waals surface area (Å²) in [7, 11) is 0. The topological polar surface area (TPSA) is 55.8 Å². The van der Waals surface area contributed by atoms with Crippen LogP contribution < -0.4 is 0 Å². The molecule has 0 aromatic carbocycles. The van der Waals surface area contributed by atoms with Gasteiger partial charge in [-0.25, -0.2) is 4.79 Å². The first-order valence-corrected chi connectivity index (χ1v) is 7.96. The summed E-state index contributed by atoms with van der Waals surface area (Å²) in [5.74, 6) is 1.06. The van der Waals surface area contributed by atoms with E-state index in [-0.39, 0.29) is 18.0 Å². The fraction of sp³-hybridized carbons (Fsp3) is 0.875. The Bertz CT molecular complexity index is 394. The van der Waals surface area contributed by atoms with Crippen LogP contribution in [-0.4, -0.2) is 42.3 Å². The van der Waals surface area contributed by atoms with Crippen molar-refractivity contribution in [3.8, 4) is 0 Å². The molecule has 5 nitrogen and oxygen atoms in total. The Morgan fingerprint density at radius 1 is 1.19 bits per heavy atom. The van der Waals surface area contributed by atoms with Crippen LogP contribution in [0.4, 0.5) is 4.79 Å². The van der Waals surface area contributed by atoms with E-state index in [4.69, 9.17) is 9.47 Å². The predicted octanol–water partition coefficient (Wildman–Crippen LogP) is 2.83. The van der Waals surface area contributed by atoms with Crippen LogP contribution in [0.5, 0.6) is 0 Å². The molecule has 2 rings (SSSR count). The number of esters is 1. The molecule has 1 saturated heterocycles. The molecule has 2 aliphatic rings. The molecule has 5 heteroatoms. The summed E-state index contributed by atoms with van der Waals surface area (Å²) in [5.41, 5.74) is -0.445. The van der Waals surface area contributed by atoms with E-state index in [1.54, 1.807) is 4.90 Å². The Labute approximate surface area is 127 Å². The lowest BCUT2D eigenvalue weighted by molar-refractivity contribution is -0.145. The number of carbonyl (C=O) groups is 2. The highest BCUT2D eigenvalue weighted by Crippen LogP contribution is 2.48. The highest BCUT2D eigenvalue weighted by molar-refractivity contribution is 5.75. The van der Waals surface area contributed by atoms with Gasteiger partial charge in [0.1, 0.15) is 5.60 Å². The van der Waals surface area contributed by atoms with Crippen LogP contribution in [0.2, 0.25) is 0 Å². The summed E-state index contributed by atoms with van der Waals surface area (Å²) in [6.45, 7) is 9.40. The van der Waals surface area contributed by atoms with Gasteiger partial charge in [-0.15, -0.1) is 0 Å². The average molecular weight is 297 g/mol. The maximum atomic E-state index is 12.0. The normalized spacial score (nSPS) is 26.4. The Hall–Kier alpha value is -1.26. The molecule has 120 valence electrons. The zero-order valence-electron chi connectivity index (χ0n) is 13.6. The van der Waals surface area contributed by atoms with Gasteiger partial charge in [0, 0.05) is 13.1 Å². The number of ether oxygens (including phenoxy) is 2. The molecule has 0 radical (unpaired) electrons. The van der Waals surface area contributed by atoms with Crippen LogP contribution in [0, 0.1) is 17.8 Å². The zero-order valence-corrected chi connectivity index (χ0v) is 13.6. The number of hydrogen-bond donors (Lipinski definition) is 0. The molecule has 0 bridgehead atoms. The smallest absolute Gasteiger partial charge is 0.410 e. The molecule has 1 amide bonds. The molecule has 0 aromatic rings. The van der Waals surface area contributed by atoms with Gasteiger partial charge < -0.3 is 14.4 Å². The fourth-order valence-electron chi connectivity index (χ4n) is 3.09. The number of rotatable bonds is 3. The van der Waals surface area contributed by atoms with Gasteiger partial charge in [0.25, 0.3) is 0 Å². The standard InChI is InChI=1S/C16H27NO4/c1-5-20-14(18)13-10-12(13)11-6-8-17(9-7-11)15(19)21-16(2,3)4/h11-13H,5-10H2,1-4H3. The Morgan fingerprint density at radius 2 is 1.81 bits per heavy atom. The second kappa shape index (κ2) is 6.24. The first kappa shape index (κ1) is 16.1. The molecule has 0 aromatic heterocycles. The maximum Gasteiger partial charge on any atom is 0.410 e. The van der Waals surface area contributed by atoms with Crippen LogP contribution in [0.1, 0.15) is 47.0 Å². The molecule has 1 aliphatic carbocycles. The Morgan fingerprint density at radius 3 is 2.33 bits per heavy atom. The molecule has 0 spiro atoms. The van der Waals surface area contributed by atoms with Gasteiger partial charge in [-0.2, -0.15) is 0 Å². The second-order valence-electron chi connectivity index (χ2n) is 7.06. The van der Waals surface area contributed by atoms with Gasteiger partial charge in [0.2, 0.25) is 0 Å². The highest BCUT2D eigenvalue weighted by atomic mass is 16.6. The van der Waals surface area contributed by atoms with E-state index in [0.29, 0.717) is 18.4 Å². The summed E-state index contributed by atoms with van der Waals surface area (Å²) >= 11 is 0. The molecule has 0 N–H and O–H groups in total. The summed E-state index contributed by atoms with van der Waals surface area (Å²) < 4.78 is 10.5. The van der Waals surface area contributed by atoms with Gasteiger partial charge in [0.05, 0.1) is 12.5 Å². The van der Waals surface area contributed by atoms with E-state index in [9.17, 15) is 9.59 Å². The summed E-state index contributed by atoms with van der Waals surface area (Å²) in [5, 5.41) is 0. The van der Waals surface area contributed by atoms with Crippen molar-refractivity contribution in [1.29, 1.82) is 0 Å². The number of carbonyl (C=O) groups excluding carboxylic acids is 2. The van der Waals surface area contributed by atoms with Crippen molar-refractivity contribution in [2.45, 2.75) is 52.6 Å². The first-order valence-electron chi connectivity index (χ1n) is 7.96. The molecule has 2 atom stereocenters. The lowest BCUT2D eigenvalue weighted by Gasteiger charge is -2.33. The number of piperidine rings is 1. The molecule has 21 heavy (non-hydrogen) atoms. The third kappa shape index (κ3) is 4.35. The SMILES string of the molecule is CCOC(=O)C1CC1C1CCN(C(=O)OC(C)(C)C)CC1. The molecular weight excluding hydrogens is 270 g/mol. The lowest BCUT2D eigenvalue weighted by atomic mass is 9.91. The van der Waals surface area contributed by atoms with Gasteiger partial charge in [-0.05, 0) is 58.8 Å². The maximum absolute atomic E-state index is 12.0. The zero-order chi connectivity index (χ0) is 15.6. The summed E-state index contributed by atoms with van der Waals surface area (Å²) in [4.78, 5) is 25.5. The van der Waals surface area contributed by atoms with Gasteiger partial charge in [-0.1, -0.05) is 0 Å². The monoisotopic (exact) mass is 297 g/mol. The number of likely N-dealkylation sites (tertiary alicyclic amines) is 1. The second-order valence-corrected chi connectivity index (χ2v) is 7.06. The molecule has 1 aliphatic heterocycles. The quantitative estimate of drug-likeness (QED) is 0.752. The van der Waals surface area contributed by atoms with E-state index in [1.165, 1.54) is 0 Å². The Kier molecular flexibility index (Phi) is 4.79. The van der Waals surface area contributed by atoms with E-state index in [2.05, 4.69) is 0 Å². The first-order chi connectivity index (χ1) is 9.81. The minimum Gasteiger partial charge on any atom is -0.466 e. The third-order valence-electron chi connectivity index (χ3n) is 4.23. The van der Waals surface area contributed by atoms with Crippen LogP contribution in [-0.2, 0) is 14.3 Å². The van der Waals surface area contributed by atoms with Crippen molar-refractivity contribution in [3.63, 3.8) is 0 Å². The van der Waals surface area contributed by atoms with Crippen molar-refractivity contribution in [2.75, 3.05) is 19.7 Å². The lowest BCUT2D eigenvalue weighted by Crippen LogP contribution is -2.42. The van der Waals surface area contributed by atoms with Crippen LogP contribution in [0.3, 0.4) is 0 Å². The van der Waals surface area contributed by atoms with E-state index in [0.717, 1.165) is 32.4 Å². The van der Waals surface area contributed by atoms with Crippen molar-refractivity contribution in [2.24, 2.45) is 17.8 Å². The van der Waals surface area contributed by atoms with Crippen molar-refractivity contribution in [1.82, 2.24) is 4.90 Å². The van der Waals surface area contributed by atoms with Crippen LogP contribution in [0.15, 0.2) is 0 Å².